The minimum Gasteiger partial charge on any atom is -0.365 e. The van der Waals surface area contributed by atoms with Crippen LogP contribution in [0.25, 0.3) is 0 Å². The summed E-state index contributed by atoms with van der Waals surface area (Å²) in [7, 11) is -3.31. The first-order valence-electron chi connectivity index (χ1n) is 9.11. The number of anilines is 1. The Hall–Kier alpha value is -1.92. The highest BCUT2D eigenvalue weighted by atomic mass is 32.2. The Balaban J connectivity index is 1.72. The Kier molecular flexibility index (Phi) is 5.94. The van der Waals surface area contributed by atoms with Gasteiger partial charge in [-0.05, 0) is 55.1 Å². The molecule has 2 aromatic rings. The van der Waals surface area contributed by atoms with Crippen LogP contribution in [0.15, 0.2) is 47.5 Å². The molecule has 2 heterocycles. The molecule has 1 fully saturated rings. The van der Waals surface area contributed by atoms with E-state index in [1.165, 1.54) is 30.2 Å². The van der Waals surface area contributed by atoms with Crippen LogP contribution in [0, 0.1) is 5.92 Å². The molecule has 0 radical (unpaired) electrons. The minimum atomic E-state index is -3.31. The highest BCUT2D eigenvalue weighted by Gasteiger charge is 2.17. The zero-order valence-electron chi connectivity index (χ0n) is 15.5. The summed E-state index contributed by atoms with van der Waals surface area (Å²) < 4.78 is 23.9. The van der Waals surface area contributed by atoms with Gasteiger partial charge in [0.05, 0.1) is 0 Å². The zero-order chi connectivity index (χ0) is 18.6. The highest BCUT2D eigenvalue weighted by Crippen LogP contribution is 2.22. The maximum absolute atomic E-state index is 11.9. The molecule has 1 aliphatic heterocycles. The number of likely N-dealkylation sites (tertiary alicyclic amines) is 1. The van der Waals surface area contributed by atoms with Crippen molar-refractivity contribution < 1.29 is 8.42 Å². The first kappa shape index (κ1) is 18.9. The monoisotopic (exact) mass is 373 g/mol. The summed E-state index contributed by atoms with van der Waals surface area (Å²) in [5.41, 5.74) is 2.46. The van der Waals surface area contributed by atoms with Crippen molar-refractivity contribution in [3.8, 4) is 0 Å². The Labute approximate surface area is 156 Å². The minimum absolute atomic E-state index is 0.238. The van der Waals surface area contributed by atoms with E-state index in [-0.39, 0.29) is 4.90 Å². The summed E-state index contributed by atoms with van der Waals surface area (Å²) in [6.45, 7) is 6.09. The molecule has 6 heteroatoms. The van der Waals surface area contributed by atoms with Gasteiger partial charge in [0.25, 0.3) is 0 Å². The number of nitrogens with zero attached hydrogens (tertiary/aromatic N) is 2. The normalized spacial score (nSPS) is 16.5. The molecule has 0 amide bonds. The van der Waals surface area contributed by atoms with Gasteiger partial charge in [-0.25, -0.2) is 13.4 Å². The van der Waals surface area contributed by atoms with Crippen LogP contribution < -0.4 is 5.32 Å². The summed E-state index contributed by atoms with van der Waals surface area (Å²) in [4.78, 5) is 6.95. The van der Waals surface area contributed by atoms with Crippen molar-refractivity contribution in [1.29, 1.82) is 0 Å². The topological polar surface area (TPSA) is 62.3 Å². The van der Waals surface area contributed by atoms with E-state index in [4.69, 9.17) is 0 Å². The lowest BCUT2D eigenvalue weighted by atomic mass is 9.98. The second kappa shape index (κ2) is 8.18. The van der Waals surface area contributed by atoms with E-state index >= 15 is 0 Å². The van der Waals surface area contributed by atoms with Crippen LogP contribution in [0.3, 0.4) is 0 Å². The number of pyridine rings is 1. The molecule has 1 saturated heterocycles. The molecule has 26 heavy (non-hydrogen) atoms. The van der Waals surface area contributed by atoms with Crippen LogP contribution >= 0.6 is 0 Å². The Morgan fingerprint density at radius 2 is 1.81 bits per heavy atom. The second-order valence-corrected chi connectivity index (χ2v) is 9.19. The lowest BCUT2D eigenvalue weighted by Gasteiger charge is -2.30. The fourth-order valence-electron chi connectivity index (χ4n) is 3.35. The number of benzene rings is 1. The van der Waals surface area contributed by atoms with E-state index in [2.05, 4.69) is 40.3 Å². The number of piperidine rings is 1. The van der Waals surface area contributed by atoms with E-state index in [9.17, 15) is 8.42 Å². The smallest absolute Gasteiger partial charge is 0.179 e. The average molecular weight is 374 g/mol. The van der Waals surface area contributed by atoms with Gasteiger partial charge >= 0.3 is 0 Å². The fourth-order valence-corrected chi connectivity index (χ4v) is 4.15. The molecule has 140 valence electrons. The van der Waals surface area contributed by atoms with Crippen LogP contribution in [0.5, 0.6) is 0 Å². The van der Waals surface area contributed by atoms with Crippen LogP contribution in [-0.4, -0.2) is 37.6 Å². The number of hydrogen-bond donors (Lipinski definition) is 1. The van der Waals surface area contributed by atoms with Crippen molar-refractivity contribution >= 4 is 15.7 Å². The van der Waals surface area contributed by atoms with Crippen LogP contribution in [0.1, 0.15) is 30.9 Å². The lowest BCUT2D eigenvalue weighted by molar-refractivity contribution is 0.185. The molecule has 1 aromatic carbocycles. The molecule has 1 N–H and O–H groups in total. The van der Waals surface area contributed by atoms with E-state index < -0.39 is 9.84 Å². The Morgan fingerprint density at radius 1 is 1.12 bits per heavy atom. The Morgan fingerprint density at radius 3 is 2.50 bits per heavy atom. The average Bonchev–Trinajstić information content (AvgIpc) is 2.62. The molecule has 5 nitrogen and oxygen atoms in total. The third kappa shape index (κ3) is 4.83. The van der Waals surface area contributed by atoms with Gasteiger partial charge in [-0.3, -0.25) is 4.90 Å². The highest BCUT2D eigenvalue weighted by molar-refractivity contribution is 7.90. The number of rotatable bonds is 6. The van der Waals surface area contributed by atoms with Crippen molar-refractivity contribution in [3.63, 3.8) is 0 Å². The predicted octanol–water partition coefficient (Wildman–Crippen LogP) is 3.33. The number of nitrogens with one attached hydrogen (secondary N) is 1. The van der Waals surface area contributed by atoms with E-state index in [1.54, 1.807) is 18.3 Å². The lowest BCUT2D eigenvalue weighted by Crippen LogP contribution is -2.32. The summed E-state index contributed by atoms with van der Waals surface area (Å²) in [6, 6.07) is 11.6. The quantitative estimate of drug-likeness (QED) is 0.841. The molecule has 0 saturated carbocycles. The van der Waals surface area contributed by atoms with Crippen molar-refractivity contribution in [3.05, 3.63) is 53.7 Å². The molecule has 0 atom stereocenters. The first-order chi connectivity index (χ1) is 12.4. The van der Waals surface area contributed by atoms with E-state index in [1.807, 2.05) is 6.07 Å². The molecule has 1 aromatic heterocycles. The fraction of sp³-hybridized carbons (Fsp3) is 0.450. The van der Waals surface area contributed by atoms with E-state index in [0.717, 1.165) is 25.6 Å². The molecular weight excluding hydrogens is 346 g/mol. The molecule has 0 aliphatic carbocycles. The third-order valence-corrected chi connectivity index (χ3v) is 6.13. The van der Waals surface area contributed by atoms with Gasteiger partial charge < -0.3 is 5.32 Å². The largest absolute Gasteiger partial charge is 0.365 e. The van der Waals surface area contributed by atoms with Gasteiger partial charge in [0.15, 0.2) is 9.84 Å². The van der Waals surface area contributed by atoms with Gasteiger partial charge in [0, 0.05) is 25.5 Å². The molecule has 3 rings (SSSR count). The van der Waals surface area contributed by atoms with Gasteiger partial charge in [-0.15, -0.1) is 0 Å². The van der Waals surface area contributed by atoms with Crippen molar-refractivity contribution in [2.45, 2.75) is 37.8 Å². The van der Waals surface area contributed by atoms with Gasteiger partial charge in [-0.1, -0.05) is 31.2 Å². The van der Waals surface area contributed by atoms with E-state index in [0.29, 0.717) is 12.4 Å². The second-order valence-electron chi connectivity index (χ2n) is 7.20. The van der Waals surface area contributed by atoms with Gasteiger partial charge in [0.1, 0.15) is 10.7 Å². The number of sulfone groups is 1. The maximum atomic E-state index is 11.9. The molecule has 0 bridgehead atoms. The third-order valence-electron chi connectivity index (χ3n) is 5.01. The predicted molar refractivity (Wildman–Crippen MR) is 105 cm³/mol. The van der Waals surface area contributed by atoms with Gasteiger partial charge in [0.2, 0.25) is 0 Å². The molecule has 0 unspecified atom stereocenters. The summed E-state index contributed by atoms with van der Waals surface area (Å²) in [5, 5.41) is 3.21. The zero-order valence-corrected chi connectivity index (χ0v) is 16.3. The van der Waals surface area contributed by atoms with Crippen LogP contribution in [0.2, 0.25) is 0 Å². The summed E-state index contributed by atoms with van der Waals surface area (Å²) in [5.74, 6) is 1.23. The van der Waals surface area contributed by atoms with Crippen molar-refractivity contribution in [2.75, 3.05) is 24.7 Å². The number of aromatic nitrogens is 1. The SMILES string of the molecule is CC1CCN(Cc2ccccc2CNc2ncccc2S(C)(=O)=O)CC1. The standard InChI is InChI=1S/C20H27N3O2S/c1-16-9-12-23(13-10-16)15-18-7-4-3-6-17(18)14-22-20-19(26(2,24)25)8-5-11-21-20/h3-8,11,16H,9-10,12-15H2,1-2H3,(H,21,22). The summed E-state index contributed by atoms with van der Waals surface area (Å²) in [6.07, 6.45) is 5.33. The first-order valence-corrected chi connectivity index (χ1v) is 11.0. The number of hydrogen-bond acceptors (Lipinski definition) is 5. The maximum Gasteiger partial charge on any atom is 0.179 e. The molecular formula is C20H27N3O2S. The molecule has 1 aliphatic rings. The van der Waals surface area contributed by atoms with Crippen LogP contribution in [0.4, 0.5) is 5.82 Å². The van der Waals surface area contributed by atoms with Gasteiger partial charge in [-0.2, -0.15) is 0 Å². The van der Waals surface area contributed by atoms with Crippen molar-refractivity contribution in [1.82, 2.24) is 9.88 Å². The van der Waals surface area contributed by atoms with Crippen molar-refractivity contribution in [2.24, 2.45) is 5.92 Å². The molecule has 0 spiro atoms. The Bertz CT molecular complexity index is 844. The summed E-state index contributed by atoms with van der Waals surface area (Å²) >= 11 is 0. The van der Waals surface area contributed by atoms with Crippen LogP contribution in [-0.2, 0) is 22.9 Å².